The predicted molar refractivity (Wildman–Crippen MR) is 106 cm³/mol. The summed E-state index contributed by atoms with van der Waals surface area (Å²) in [6.07, 6.45) is 1.58. The maximum atomic E-state index is 12.3. The van der Waals surface area contributed by atoms with E-state index in [1.807, 2.05) is 28.8 Å². The van der Waals surface area contributed by atoms with Gasteiger partial charge in [-0.3, -0.25) is 4.79 Å². The lowest BCUT2D eigenvalue weighted by Gasteiger charge is -2.11. The Kier molecular flexibility index (Phi) is 4.49. The lowest BCUT2D eigenvalue weighted by atomic mass is 10.2. The average Bonchev–Trinajstić information content (AvgIpc) is 2.95. The van der Waals surface area contributed by atoms with E-state index >= 15 is 0 Å². The van der Waals surface area contributed by atoms with Gasteiger partial charge in [-0.2, -0.15) is 0 Å². The van der Waals surface area contributed by atoms with E-state index in [0.717, 1.165) is 11.1 Å². The van der Waals surface area contributed by atoms with Crippen LogP contribution in [-0.2, 0) is 6.54 Å². The number of hydrogen-bond acceptors (Lipinski definition) is 2. The fourth-order valence-corrected chi connectivity index (χ4v) is 3.39. The number of fused-ring (bicyclic) bond motifs is 1. The molecule has 130 valence electrons. The summed E-state index contributed by atoms with van der Waals surface area (Å²) in [6.45, 7) is 0.442. The van der Waals surface area contributed by atoms with Crippen LogP contribution in [-0.4, -0.2) is 14.5 Å². The molecule has 0 atom stereocenters. The molecule has 4 rings (SSSR count). The molecule has 0 bridgehead atoms. The normalized spacial score (nSPS) is 11.2. The van der Waals surface area contributed by atoms with Gasteiger partial charge in [0.25, 0.3) is 5.56 Å². The third kappa shape index (κ3) is 3.01. The van der Waals surface area contributed by atoms with E-state index in [1.165, 1.54) is 0 Å². The molecule has 2 aromatic carbocycles. The predicted octanol–water partition coefficient (Wildman–Crippen LogP) is 5.40. The second-order valence-electron chi connectivity index (χ2n) is 5.78. The maximum Gasteiger partial charge on any atom is 0.258 e. The van der Waals surface area contributed by atoms with Crippen LogP contribution in [0.25, 0.3) is 22.4 Å². The molecule has 26 heavy (non-hydrogen) atoms. The molecule has 0 radical (unpaired) electrons. The molecular formula is C19H12Cl3N3O. The summed E-state index contributed by atoms with van der Waals surface area (Å²) >= 11 is 18.7. The highest BCUT2D eigenvalue weighted by molar-refractivity contribution is 6.42. The number of aromatic amines is 1. The van der Waals surface area contributed by atoms with E-state index in [-0.39, 0.29) is 5.56 Å². The Morgan fingerprint density at radius 2 is 1.73 bits per heavy atom. The first-order valence-electron chi connectivity index (χ1n) is 7.81. The SMILES string of the molecule is O=c1[nH]cccc1-c1nc2cc(Cl)c(Cl)cc2n1Cc1ccccc1Cl. The van der Waals surface area contributed by atoms with E-state index < -0.39 is 0 Å². The number of nitrogens with one attached hydrogen (secondary N) is 1. The number of hydrogen-bond donors (Lipinski definition) is 1. The van der Waals surface area contributed by atoms with Gasteiger partial charge in [-0.1, -0.05) is 53.0 Å². The Bertz CT molecular complexity index is 1180. The van der Waals surface area contributed by atoms with Crippen LogP contribution in [0, 0.1) is 0 Å². The molecule has 4 nitrogen and oxygen atoms in total. The molecule has 0 aliphatic carbocycles. The largest absolute Gasteiger partial charge is 0.328 e. The van der Waals surface area contributed by atoms with Crippen molar-refractivity contribution in [2.24, 2.45) is 0 Å². The van der Waals surface area contributed by atoms with Gasteiger partial charge in [0, 0.05) is 11.2 Å². The van der Waals surface area contributed by atoms with Crippen LogP contribution in [0.3, 0.4) is 0 Å². The van der Waals surface area contributed by atoms with Crippen molar-refractivity contribution in [3.05, 3.63) is 85.7 Å². The van der Waals surface area contributed by atoms with E-state index in [1.54, 1.807) is 30.5 Å². The molecule has 0 saturated heterocycles. The topological polar surface area (TPSA) is 50.7 Å². The number of nitrogens with zero attached hydrogens (tertiary/aromatic N) is 2. The van der Waals surface area contributed by atoms with Crippen molar-refractivity contribution in [1.82, 2.24) is 14.5 Å². The highest BCUT2D eigenvalue weighted by atomic mass is 35.5. The first-order chi connectivity index (χ1) is 12.5. The van der Waals surface area contributed by atoms with E-state index in [4.69, 9.17) is 34.8 Å². The molecule has 1 N–H and O–H groups in total. The minimum absolute atomic E-state index is 0.222. The van der Waals surface area contributed by atoms with Crippen LogP contribution in [0.5, 0.6) is 0 Å². The third-order valence-electron chi connectivity index (χ3n) is 4.14. The minimum atomic E-state index is -0.222. The number of halogens is 3. The van der Waals surface area contributed by atoms with Crippen molar-refractivity contribution in [1.29, 1.82) is 0 Å². The fraction of sp³-hybridized carbons (Fsp3) is 0.0526. The lowest BCUT2D eigenvalue weighted by molar-refractivity contribution is 0.833. The molecule has 4 aromatic rings. The van der Waals surface area contributed by atoms with Crippen LogP contribution in [0.2, 0.25) is 15.1 Å². The van der Waals surface area contributed by atoms with Crippen molar-refractivity contribution in [2.45, 2.75) is 6.54 Å². The number of benzene rings is 2. The first kappa shape index (κ1) is 17.2. The van der Waals surface area contributed by atoms with Crippen LogP contribution in [0.1, 0.15) is 5.56 Å². The van der Waals surface area contributed by atoms with Crippen molar-refractivity contribution in [2.75, 3.05) is 0 Å². The van der Waals surface area contributed by atoms with Gasteiger partial charge < -0.3 is 9.55 Å². The van der Waals surface area contributed by atoms with Crippen LogP contribution >= 0.6 is 34.8 Å². The zero-order chi connectivity index (χ0) is 18.3. The fourth-order valence-electron chi connectivity index (χ4n) is 2.88. The van der Waals surface area contributed by atoms with Crippen LogP contribution < -0.4 is 5.56 Å². The van der Waals surface area contributed by atoms with E-state index in [2.05, 4.69) is 9.97 Å². The summed E-state index contributed by atoms with van der Waals surface area (Å²) in [5, 5.41) is 1.48. The highest BCUT2D eigenvalue weighted by Crippen LogP contribution is 2.31. The molecule has 0 fully saturated rings. The van der Waals surface area contributed by atoms with E-state index in [9.17, 15) is 4.79 Å². The molecular weight excluding hydrogens is 393 g/mol. The second-order valence-corrected chi connectivity index (χ2v) is 7.00. The van der Waals surface area contributed by atoms with Crippen molar-refractivity contribution >= 4 is 45.8 Å². The Labute approximate surface area is 164 Å². The highest BCUT2D eigenvalue weighted by Gasteiger charge is 2.17. The zero-order valence-corrected chi connectivity index (χ0v) is 15.6. The lowest BCUT2D eigenvalue weighted by Crippen LogP contribution is -2.12. The second kappa shape index (κ2) is 6.80. The van der Waals surface area contributed by atoms with Crippen molar-refractivity contribution < 1.29 is 0 Å². The number of pyridine rings is 1. The number of rotatable bonds is 3. The maximum absolute atomic E-state index is 12.3. The molecule has 0 unspecified atom stereocenters. The Balaban J connectivity index is 2.00. The number of aromatic nitrogens is 3. The summed E-state index contributed by atoms with van der Waals surface area (Å²) in [4.78, 5) is 19.6. The smallest absolute Gasteiger partial charge is 0.258 e. The van der Waals surface area contributed by atoms with Gasteiger partial charge in [0.2, 0.25) is 0 Å². The molecule has 7 heteroatoms. The molecule has 2 heterocycles. The summed E-state index contributed by atoms with van der Waals surface area (Å²) in [5.74, 6) is 0.528. The van der Waals surface area contributed by atoms with Gasteiger partial charge >= 0.3 is 0 Å². The van der Waals surface area contributed by atoms with Gasteiger partial charge in [0.15, 0.2) is 0 Å². The zero-order valence-electron chi connectivity index (χ0n) is 13.3. The molecule has 0 aliphatic heterocycles. The molecule has 0 spiro atoms. The summed E-state index contributed by atoms with van der Waals surface area (Å²) in [5.41, 5.74) is 2.58. The van der Waals surface area contributed by atoms with Crippen molar-refractivity contribution in [3.8, 4) is 11.4 Å². The van der Waals surface area contributed by atoms with Gasteiger partial charge in [-0.15, -0.1) is 0 Å². The Morgan fingerprint density at radius 3 is 2.50 bits per heavy atom. The van der Waals surface area contributed by atoms with Gasteiger partial charge in [-0.25, -0.2) is 4.98 Å². The molecule has 0 aliphatic rings. The molecule has 0 saturated carbocycles. The summed E-state index contributed by atoms with van der Waals surface area (Å²) < 4.78 is 1.92. The minimum Gasteiger partial charge on any atom is -0.328 e. The summed E-state index contributed by atoms with van der Waals surface area (Å²) in [7, 11) is 0. The number of H-pyrrole nitrogens is 1. The third-order valence-corrected chi connectivity index (χ3v) is 5.23. The summed E-state index contributed by atoms with van der Waals surface area (Å²) in [6, 6.07) is 14.5. The van der Waals surface area contributed by atoms with Crippen LogP contribution in [0.15, 0.2) is 59.5 Å². The van der Waals surface area contributed by atoms with Gasteiger partial charge in [0.1, 0.15) is 5.82 Å². The standard InChI is InChI=1S/C19H12Cl3N3O/c20-13-6-2-1-4-11(13)10-25-17-9-15(22)14(21)8-16(17)24-18(25)12-5-3-7-23-19(12)26/h1-9H,10H2,(H,23,26). The monoisotopic (exact) mass is 403 g/mol. The van der Waals surface area contributed by atoms with Gasteiger partial charge in [0.05, 0.1) is 33.2 Å². The quantitative estimate of drug-likeness (QED) is 0.497. The van der Waals surface area contributed by atoms with Crippen molar-refractivity contribution in [3.63, 3.8) is 0 Å². The van der Waals surface area contributed by atoms with Gasteiger partial charge in [-0.05, 0) is 35.9 Å². The van der Waals surface area contributed by atoms with E-state index in [0.29, 0.717) is 38.5 Å². The molecule has 2 aromatic heterocycles. The first-order valence-corrected chi connectivity index (χ1v) is 8.95. The average molecular weight is 405 g/mol. The molecule has 0 amide bonds. The Morgan fingerprint density at radius 1 is 0.962 bits per heavy atom. The number of imidazole rings is 1. The van der Waals surface area contributed by atoms with Crippen LogP contribution in [0.4, 0.5) is 0 Å². The Hall–Kier alpha value is -2.27.